The van der Waals surface area contributed by atoms with E-state index in [1.54, 1.807) is 0 Å². The number of aliphatic carboxylic acids is 2. The Labute approximate surface area is 148 Å². The number of carboxylic acid groups (broad SMARTS) is 2. The SMILES string of the molecule is CC1CCN(CCOCCOc2ccccc2)CC1.O=C(O)C(=O)O. The van der Waals surface area contributed by atoms with Gasteiger partial charge in [-0.1, -0.05) is 25.1 Å². The van der Waals surface area contributed by atoms with E-state index in [9.17, 15) is 0 Å². The maximum absolute atomic E-state index is 9.10. The number of nitrogens with zero attached hydrogens (tertiary/aromatic N) is 1. The Morgan fingerprint density at radius 2 is 1.64 bits per heavy atom. The fourth-order valence-corrected chi connectivity index (χ4v) is 2.32. The lowest BCUT2D eigenvalue weighted by Crippen LogP contribution is -2.35. The molecule has 0 aromatic heterocycles. The molecular formula is C18H27NO6. The van der Waals surface area contributed by atoms with Crippen LogP contribution < -0.4 is 4.74 Å². The largest absolute Gasteiger partial charge is 0.491 e. The molecule has 7 heteroatoms. The number of benzene rings is 1. The number of carboxylic acids is 2. The van der Waals surface area contributed by atoms with E-state index in [0.717, 1.165) is 24.8 Å². The molecule has 0 saturated carbocycles. The molecule has 7 nitrogen and oxygen atoms in total. The number of para-hydroxylation sites is 1. The quantitative estimate of drug-likeness (QED) is 0.571. The fourth-order valence-electron chi connectivity index (χ4n) is 2.32. The normalized spacial score (nSPS) is 15.1. The van der Waals surface area contributed by atoms with Gasteiger partial charge in [0.25, 0.3) is 0 Å². The van der Waals surface area contributed by atoms with Crippen LogP contribution in [0.4, 0.5) is 0 Å². The van der Waals surface area contributed by atoms with Gasteiger partial charge in [-0.2, -0.15) is 0 Å². The molecule has 0 amide bonds. The second-order valence-corrected chi connectivity index (χ2v) is 5.91. The van der Waals surface area contributed by atoms with Gasteiger partial charge >= 0.3 is 11.9 Å². The number of likely N-dealkylation sites (tertiary alicyclic amines) is 1. The molecule has 0 aliphatic carbocycles. The lowest BCUT2D eigenvalue weighted by Gasteiger charge is -2.29. The average molecular weight is 353 g/mol. The average Bonchev–Trinajstić information content (AvgIpc) is 2.61. The molecule has 0 bridgehead atoms. The summed E-state index contributed by atoms with van der Waals surface area (Å²) in [7, 11) is 0. The van der Waals surface area contributed by atoms with E-state index in [4.69, 9.17) is 29.3 Å². The van der Waals surface area contributed by atoms with Crippen molar-refractivity contribution in [3.05, 3.63) is 30.3 Å². The summed E-state index contributed by atoms with van der Waals surface area (Å²) in [6.45, 7) is 7.95. The Bertz CT molecular complexity index is 488. The van der Waals surface area contributed by atoms with Gasteiger partial charge in [0.05, 0.1) is 13.2 Å². The van der Waals surface area contributed by atoms with Gasteiger partial charge in [-0.05, 0) is 44.0 Å². The molecule has 2 rings (SSSR count). The van der Waals surface area contributed by atoms with E-state index in [1.807, 2.05) is 30.3 Å². The zero-order valence-electron chi connectivity index (χ0n) is 14.6. The molecule has 1 heterocycles. The smallest absolute Gasteiger partial charge is 0.414 e. The lowest BCUT2D eigenvalue weighted by atomic mass is 9.99. The number of hydrogen-bond acceptors (Lipinski definition) is 5. The maximum Gasteiger partial charge on any atom is 0.414 e. The van der Waals surface area contributed by atoms with Crippen molar-refractivity contribution in [2.24, 2.45) is 5.92 Å². The standard InChI is InChI=1S/C16H25NO2.C2H2O4/c1-15-7-9-17(10-8-15)11-12-18-13-14-19-16-5-3-2-4-6-16;3-1(4)2(5)6/h2-6,15H,7-14H2,1H3;(H,3,4)(H,5,6). The van der Waals surface area contributed by atoms with Gasteiger partial charge in [0, 0.05) is 6.54 Å². The Kier molecular flexibility index (Phi) is 10.3. The van der Waals surface area contributed by atoms with Crippen molar-refractivity contribution in [3.63, 3.8) is 0 Å². The van der Waals surface area contributed by atoms with Gasteiger partial charge in [-0.15, -0.1) is 0 Å². The molecular weight excluding hydrogens is 326 g/mol. The van der Waals surface area contributed by atoms with Crippen molar-refractivity contribution in [1.82, 2.24) is 4.90 Å². The van der Waals surface area contributed by atoms with Crippen LogP contribution >= 0.6 is 0 Å². The summed E-state index contributed by atoms with van der Waals surface area (Å²) in [5.74, 6) is -1.84. The molecule has 0 atom stereocenters. The van der Waals surface area contributed by atoms with Crippen LogP contribution in [0.3, 0.4) is 0 Å². The first-order valence-electron chi connectivity index (χ1n) is 8.43. The van der Waals surface area contributed by atoms with Crippen LogP contribution in [0.2, 0.25) is 0 Å². The predicted molar refractivity (Wildman–Crippen MR) is 92.9 cm³/mol. The number of rotatable bonds is 7. The Morgan fingerprint density at radius 1 is 1.04 bits per heavy atom. The first-order chi connectivity index (χ1) is 12.0. The predicted octanol–water partition coefficient (Wildman–Crippen LogP) is 1.97. The molecule has 1 aliphatic rings. The maximum atomic E-state index is 9.10. The first-order valence-corrected chi connectivity index (χ1v) is 8.43. The molecule has 1 aromatic rings. The van der Waals surface area contributed by atoms with E-state index >= 15 is 0 Å². The van der Waals surface area contributed by atoms with Crippen LogP contribution in [0.15, 0.2) is 30.3 Å². The summed E-state index contributed by atoms with van der Waals surface area (Å²) in [6, 6.07) is 9.88. The third-order valence-electron chi connectivity index (χ3n) is 3.85. The highest BCUT2D eigenvalue weighted by Crippen LogP contribution is 2.15. The molecule has 0 radical (unpaired) electrons. The van der Waals surface area contributed by atoms with E-state index in [0.29, 0.717) is 13.2 Å². The molecule has 1 aliphatic heterocycles. The second kappa shape index (κ2) is 12.3. The topological polar surface area (TPSA) is 96.3 Å². The highest BCUT2D eigenvalue weighted by Gasteiger charge is 2.14. The van der Waals surface area contributed by atoms with Gasteiger partial charge in [-0.3, -0.25) is 0 Å². The van der Waals surface area contributed by atoms with Gasteiger partial charge in [0.1, 0.15) is 12.4 Å². The van der Waals surface area contributed by atoms with Gasteiger partial charge < -0.3 is 24.6 Å². The number of carbonyl (C=O) groups is 2. The minimum absolute atomic E-state index is 0.626. The summed E-state index contributed by atoms with van der Waals surface area (Å²) in [5.41, 5.74) is 0. The third kappa shape index (κ3) is 10.4. The van der Waals surface area contributed by atoms with Crippen molar-refractivity contribution in [2.75, 3.05) is 39.5 Å². The fraction of sp³-hybridized carbons (Fsp3) is 0.556. The highest BCUT2D eigenvalue weighted by molar-refractivity contribution is 6.27. The monoisotopic (exact) mass is 353 g/mol. The second-order valence-electron chi connectivity index (χ2n) is 5.91. The molecule has 25 heavy (non-hydrogen) atoms. The zero-order chi connectivity index (χ0) is 18.5. The van der Waals surface area contributed by atoms with Crippen molar-refractivity contribution in [1.29, 1.82) is 0 Å². The Balaban J connectivity index is 0.000000450. The Morgan fingerprint density at radius 3 is 2.20 bits per heavy atom. The summed E-state index contributed by atoms with van der Waals surface area (Å²) < 4.78 is 11.2. The van der Waals surface area contributed by atoms with E-state index in [-0.39, 0.29) is 0 Å². The van der Waals surface area contributed by atoms with Crippen LogP contribution in [-0.4, -0.2) is 66.5 Å². The van der Waals surface area contributed by atoms with Crippen molar-refractivity contribution < 1.29 is 29.3 Å². The Hall–Kier alpha value is -2.12. The van der Waals surface area contributed by atoms with Crippen molar-refractivity contribution in [2.45, 2.75) is 19.8 Å². The molecule has 2 N–H and O–H groups in total. The van der Waals surface area contributed by atoms with Gasteiger partial charge in [0.15, 0.2) is 0 Å². The number of ether oxygens (including phenoxy) is 2. The molecule has 1 aromatic carbocycles. The van der Waals surface area contributed by atoms with E-state index < -0.39 is 11.9 Å². The molecule has 140 valence electrons. The van der Waals surface area contributed by atoms with Crippen LogP contribution in [0.1, 0.15) is 19.8 Å². The number of hydrogen-bond donors (Lipinski definition) is 2. The van der Waals surface area contributed by atoms with Crippen LogP contribution in [-0.2, 0) is 14.3 Å². The first kappa shape index (κ1) is 20.9. The minimum Gasteiger partial charge on any atom is -0.491 e. The van der Waals surface area contributed by atoms with Crippen molar-refractivity contribution >= 4 is 11.9 Å². The minimum atomic E-state index is -1.82. The molecule has 1 saturated heterocycles. The highest BCUT2D eigenvalue weighted by atomic mass is 16.5. The molecule has 0 unspecified atom stereocenters. The number of piperidine rings is 1. The summed E-state index contributed by atoms with van der Waals surface area (Å²) >= 11 is 0. The summed E-state index contributed by atoms with van der Waals surface area (Å²) in [5, 5.41) is 14.8. The van der Waals surface area contributed by atoms with Crippen LogP contribution in [0.25, 0.3) is 0 Å². The lowest BCUT2D eigenvalue weighted by molar-refractivity contribution is -0.159. The zero-order valence-corrected chi connectivity index (χ0v) is 14.6. The van der Waals surface area contributed by atoms with Crippen molar-refractivity contribution in [3.8, 4) is 5.75 Å². The third-order valence-corrected chi connectivity index (χ3v) is 3.85. The summed E-state index contributed by atoms with van der Waals surface area (Å²) in [4.78, 5) is 20.7. The van der Waals surface area contributed by atoms with E-state index in [1.165, 1.54) is 25.9 Å². The van der Waals surface area contributed by atoms with Crippen LogP contribution in [0, 0.1) is 5.92 Å². The molecule has 1 fully saturated rings. The van der Waals surface area contributed by atoms with Gasteiger partial charge in [0.2, 0.25) is 0 Å². The molecule has 0 spiro atoms. The van der Waals surface area contributed by atoms with Crippen LogP contribution in [0.5, 0.6) is 5.75 Å². The summed E-state index contributed by atoms with van der Waals surface area (Å²) in [6.07, 6.45) is 2.66. The van der Waals surface area contributed by atoms with Gasteiger partial charge in [-0.25, -0.2) is 9.59 Å². The van der Waals surface area contributed by atoms with E-state index in [2.05, 4.69) is 11.8 Å².